The van der Waals surface area contributed by atoms with Gasteiger partial charge in [-0.1, -0.05) is 26.0 Å². The molecule has 0 aliphatic carbocycles. The molecule has 1 heterocycles. The van der Waals surface area contributed by atoms with Crippen LogP contribution < -0.4 is 10.6 Å². The molecule has 2 aromatic rings. The van der Waals surface area contributed by atoms with Crippen LogP contribution in [0.3, 0.4) is 0 Å². The fourth-order valence-electron chi connectivity index (χ4n) is 2.42. The minimum Gasteiger partial charge on any atom is -0.356 e. The Morgan fingerprint density at radius 2 is 2.17 bits per heavy atom. The summed E-state index contributed by atoms with van der Waals surface area (Å²) in [6.45, 7) is 6.57. The standard InChI is InChI=1S/C18H26FN5/c1-18(2,15-6-4-7-16(19)12-15)13-23-17(20-3)22-8-5-10-24-11-9-21-14-24/h4,6-7,9,11-12,14H,5,8,10,13H2,1-3H3,(H2,20,22,23). The van der Waals surface area contributed by atoms with Gasteiger partial charge in [0.05, 0.1) is 6.33 Å². The van der Waals surface area contributed by atoms with Gasteiger partial charge in [0.15, 0.2) is 5.96 Å². The summed E-state index contributed by atoms with van der Waals surface area (Å²) in [7, 11) is 1.75. The number of nitrogens with one attached hydrogen (secondary N) is 2. The lowest BCUT2D eigenvalue weighted by molar-refractivity contribution is 0.502. The summed E-state index contributed by atoms with van der Waals surface area (Å²) in [6.07, 6.45) is 6.52. The van der Waals surface area contributed by atoms with Gasteiger partial charge in [-0.15, -0.1) is 0 Å². The maximum atomic E-state index is 13.4. The highest BCUT2D eigenvalue weighted by atomic mass is 19.1. The molecule has 6 heteroatoms. The molecule has 1 aromatic heterocycles. The molecule has 130 valence electrons. The number of hydrogen-bond donors (Lipinski definition) is 2. The quantitative estimate of drug-likeness (QED) is 0.466. The summed E-state index contributed by atoms with van der Waals surface area (Å²) in [5.41, 5.74) is 0.766. The van der Waals surface area contributed by atoms with Gasteiger partial charge in [0.25, 0.3) is 0 Å². The van der Waals surface area contributed by atoms with Crippen LogP contribution in [0.1, 0.15) is 25.8 Å². The largest absolute Gasteiger partial charge is 0.356 e. The number of aryl methyl sites for hydroxylation is 1. The van der Waals surface area contributed by atoms with E-state index in [4.69, 9.17) is 0 Å². The van der Waals surface area contributed by atoms with Gasteiger partial charge in [-0.3, -0.25) is 4.99 Å². The van der Waals surface area contributed by atoms with Gasteiger partial charge < -0.3 is 15.2 Å². The first-order chi connectivity index (χ1) is 11.5. The molecule has 0 aliphatic rings. The Bertz CT molecular complexity index is 649. The number of rotatable bonds is 7. The molecule has 0 bridgehead atoms. The second-order valence-corrected chi connectivity index (χ2v) is 6.40. The molecule has 0 saturated carbocycles. The number of nitrogens with zero attached hydrogens (tertiary/aromatic N) is 3. The number of hydrogen-bond acceptors (Lipinski definition) is 2. The molecule has 0 fully saturated rings. The summed E-state index contributed by atoms with van der Waals surface area (Å²) < 4.78 is 15.5. The SMILES string of the molecule is CN=C(NCCCn1ccnc1)NCC(C)(C)c1cccc(F)c1. The zero-order valence-electron chi connectivity index (χ0n) is 14.6. The summed E-state index contributed by atoms with van der Waals surface area (Å²) in [5, 5.41) is 6.62. The minimum atomic E-state index is -0.206. The van der Waals surface area contributed by atoms with E-state index >= 15 is 0 Å². The molecule has 0 saturated heterocycles. The van der Waals surface area contributed by atoms with Crippen molar-refractivity contribution in [1.82, 2.24) is 20.2 Å². The summed E-state index contributed by atoms with van der Waals surface area (Å²) >= 11 is 0. The zero-order chi connectivity index (χ0) is 17.4. The van der Waals surface area contributed by atoms with E-state index in [-0.39, 0.29) is 11.2 Å². The zero-order valence-corrected chi connectivity index (χ0v) is 14.6. The van der Waals surface area contributed by atoms with Crippen LogP contribution in [0.2, 0.25) is 0 Å². The predicted molar refractivity (Wildman–Crippen MR) is 95.6 cm³/mol. The third kappa shape index (κ3) is 5.37. The van der Waals surface area contributed by atoms with E-state index < -0.39 is 0 Å². The Hall–Kier alpha value is -2.37. The first kappa shape index (κ1) is 18.0. The van der Waals surface area contributed by atoms with Crippen LogP contribution >= 0.6 is 0 Å². The molecule has 2 rings (SSSR count). The predicted octanol–water partition coefficient (Wildman–Crippen LogP) is 2.56. The van der Waals surface area contributed by atoms with E-state index in [9.17, 15) is 4.39 Å². The van der Waals surface area contributed by atoms with Gasteiger partial charge in [-0.2, -0.15) is 0 Å². The van der Waals surface area contributed by atoms with Crippen molar-refractivity contribution in [2.45, 2.75) is 32.2 Å². The van der Waals surface area contributed by atoms with E-state index in [1.807, 2.05) is 23.2 Å². The fraction of sp³-hybridized carbons (Fsp3) is 0.444. The lowest BCUT2D eigenvalue weighted by Crippen LogP contribution is -2.43. The Kier molecular flexibility index (Phi) is 6.35. The molecule has 24 heavy (non-hydrogen) atoms. The first-order valence-corrected chi connectivity index (χ1v) is 8.17. The van der Waals surface area contributed by atoms with Gasteiger partial charge in [-0.25, -0.2) is 9.37 Å². The van der Waals surface area contributed by atoms with Crippen LogP contribution in [0.4, 0.5) is 4.39 Å². The minimum absolute atomic E-state index is 0.198. The average molecular weight is 331 g/mol. The van der Waals surface area contributed by atoms with E-state index in [0.717, 1.165) is 31.0 Å². The molecule has 1 aromatic carbocycles. The maximum Gasteiger partial charge on any atom is 0.191 e. The summed E-state index contributed by atoms with van der Waals surface area (Å²) in [6, 6.07) is 6.75. The van der Waals surface area contributed by atoms with Crippen molar-refractivity contribution in [2.24, 2.45) is 4.99 Å². The highest BCUT2D eigenvalue weighted by molar-refractivity contribution is 5.79. The van der Waals surface area contributed by atoms with Gasteiger partial charge in [0.2, 0.25) is 0 Å². The smallest absolute Gasteiger partial charge is 0.191 e. The van der Waals surface area contributed by atoms with Crippen LogP contribution in [0.25, 0.3) is 0 Å². The van der Waals surface area contributed by atoms with E-state index in [1.54, 1.807) is 25.4 Å². The number of halogens is 1. The monoisotopic (exact) mass is 331 g/mol. The second-order valence-electron chi connectivity index (χ2n) is 6.40. The van der Waals surface area contributed by atoms with Gasteiger partial charge in [-0.05, 0) is 24.1 Å². The average Bonchev–Trinajstić information content (AvgIpc) is 3.07. The van der Waals surface area contributed by atoms with Crippen LogP contribution in [0.5, 0.6) is 0 Å². The number of guanidine groups is 1. The Balaban J connectivity index is 1.78. The highest BCUT2D eigenvalue weighted by Gasteiger charge is 2.21. The van der Waals surface area contributed by atoms with Crippen LogP contribution in [0, 0.1) is 5.82 Å². The highest BCUT2D eigenvalue weighted by Crippen LogP contribution is 2.22. The molecule has 0 radical (unpaired) electrons. The maximum absolute atomic E-state index is 13.4. The molecule has 2 N–H and O–H groups in total. The van der Waals surface area contributed by atoms with Crippen molar-refractivity contribution in [3.8, 4) is 0 Å². The van der Waals surface area contributed by atoms with Crippen molar-refractivity contribution < 1.29 is 4.39 Å². The van der Waals surface area contributed by atoms with Gasteiger partial charge >= 0.3 is 0 Å². The lowest BCUT2D eigenvalue weighted by Gasteiger charge is -2.27. The van der Waals surface area contributed by atoms with Crippen LogP contribution in [-0.2, 0) is 12.0 Å². The topological polar surface area (TPSA) is 54.2 Å². The summed E-state index contributed by atoms with van der Waals surface area (Å²) in [4.78, 5) is 8.26. The molecule has 0 aliphatic heterocycles. The van der Waals surface area contributed by atoms with Crippen molar-refractivity contribution in [3.63, 3.8) is 0 Å². The fourth-order valence-corrected chi connectivity index (χ4v) is 2.42. The first-order valence-electron chi connectivity index (χ1n) is 8.17. The van der Waals surface area contributed by atoms with Crippen molar-refractivity contribution in [1.29, 1.82) is 0 Å². The van der Waals surface area contributed by atoms with Gasteiger partial charge in [0.1, 0.15) is 5.82 Å². The Morgan fingerprint density at radius 1 is 1.33 bits per heavy atom. The van der Waals surface area contributed by atoms with E-state index in [1.165, 1.54) is 6.07 Å². The molecule has 0 spiro atoms. The lowest BCUT2D eigenvalue weighted by atomic mass is 9.84. The third-order valence-corrected chi connectivity index (χ3v) is 3.97. The van der Waals surface area contributed by atoms with Crippen molar-refractivity contribution in [3.05, 3.63) is 54.4 Å². The summed E-state index contributed by atoms with van der Waals surface area (Å²) in [5.74, 6) is 0.549. The Labute approximate surface area is 143 Å². The molecule has 0 atom stereocenters. The second kappa shape index (κ2) is 8.47. The number of benzene rings is 1. The molecular weight excluding hydrogens is 305 g/mol. The number of aromatic nitrogens is 2. The van der Waals surface area contributed by atoms with E-state index in [0.29, 0.717) is 6.54 Å². The van der Waals surface area contributed by atoms with Gasteiger partial charge in [0, 0.05) is 44.5 Å². The third-order valence-electron chi connectivity index (χ3n) is 3.97. The normalized spacial score (nSPS) is 12.2. The molecule has 0 unspecified atom stereocenters. The molecule has 0 amide bonds. The van der Waals surface area contributed by atoms with Crippen molar-refractivity contribution >= 4 is 5.96 Å². The Morgan fingerprint density at radius 3 is 2.83 bits per heavy atom. The number of imidazole rings is 1. The van der Waals surface area contributed by atoms with E-state index in [2.05, 4.69) is 34.5 Å². The molecular formula is C18H26FN5. The van der Waals surface area contributed by atoms with Crippen LogP contribution in [0.15, 0.2) is 48.0 Å². The number of aliphatic imine (C=N–C) groups is 1. The molecule has 5 nitrogen and oxygen atoms in total. The van der Waals surface area contributed by atoms with Crippen molar-refractivity contribution in [2.75, 3.05) is 20.1 Å². The van der Waals surface area contributed by atoms with Crippen LogP contribution in [-0.4, -0.2) is 35.6 Å².